The summed E-state index contributed by atoms with van der Waals surface area (Å²) < 4.78 is 7.44. The van der Waals surface area contributed by atoms with E-state index in [1.807, 2.05) is 30.3 Å². The van der Waals surface area contributed by atoms with E-state index in [-0.39, 0.29) is 24.1 Å². The second-order valence-corrected chi connectivity index (χ2v) is 9.47. The first-order valence-corrected chi connectivity index (χ1v) is 12.1. The number of nitrogens with one attached hydrogen (secondary N) is 1. The van der Waals surface area contributed by atoms with E-state index in [0.717, 1.165) is 17.7 Å². The number of aryl methyl sites for hydroxylation is 1. The molecule has 0 amide bonds. The lowest BCUT2D eigenvalue weighted by atomic mass is 9.86. The number of hydrogen-bond donors (Lipinski definition) is 3. The Morgan fingerprint density at radius 1 is 1.15 bits per heavy atom. The highest BCUT2D eigenvalue weighted by atomic mass is 32.2. The Kier molecular flexibility index (Phi) is 8.85. The van der Waals surface area contributed by atoms with Gasteiger partial charge in [0, 0.05) is 24.4 Å². The molecule has 1 unspecified atom stereocenters. The van der Waals surface area contributed by atoms with Crippen LogP contribution >= 0.6 is 11.9 Å². The van der Waals surface area contributed by atoms with Gasteiger partial charge in [-0.2, -0.15) is 0 Å². The molecule has 0 heterocycles. The van der Waals surface area contributed by atoms with Gasteiger partial charge in [-0.3, -0.25) is 4.79 Å². The summed E-state index contributed by atoms with van der Waals surface area (Å²) >= 11 is 1.69. The molecule has 4 N–H and O–H groups in total. The number of aromatic hydroxyl groups is 1. The van der Waals surface area contributed by atoms with Crippen LogP contribution in [0.1, 0.15) is 41.5 Å². The third-order valence-corrected chi connectivity index (χ3v) is 6.60. The molecule has 7 heteroatoms. The number of nitrogens with two attached hydrogens (primary N) is 1. The second kappa shape index (κ2) is 11.8. The average Bonchev–Trinajstić information content (AvgIpc) is 2.79. The zero-order valence-corrected chi connectivity index (χ0v) is 21.0. The number of phenols is 1. The van der Waals surface area contributed by atoms with Gasteiger partial charge in [-0.15, -0.1) is 0 Å². The van der Waals surface area contributed by atoms with Crippen LogP contribution in [0, 0.1) is 6.92 Å². The van der Waals surface area contributed by atoms with Crippen LogP contribution in [0.4, 0.5) is 11.4 Å². The molecule has 3 aromatic carbocycles. The molecule has 0 aliphatic heterocycles. The molecule has 0 saturated carbocycles. The lowest BCUT2D eigenvalue weighted by Crippen LogP contribution is -2.14. The van der Waals surface area contributed by atoms with Crippen LogP contribution in [0.25, 0.3) is 0 Å². The summed E-state index contributed by atoms with van der Waals surface area (Å²) in [6.07, 6.45) is 0.155. The number of nitrogen functional groups attached to an aromatic ring is 1. The van der Waals surface area contributed by atoms with Gasteiger partial charge in [-0.05, 0) is 79.4 Å². The van der Waals surface area contributed by atoms with Crippen molar-refractivity contribution in [1.29, 1.82) is 0 Å². The predicted molar refractivity (Wildman–Crippen MR) is 140 cm³/mol. The Hall–Kier alpha value is -3.16. The molecule has 0 radical (unpaired) electrons. The maximum absolute atomic E-state index is 12.5. The van der Waals surface area contributed by atoms with Crippen molar-refractivity contribution >= 4 is 29.3 Å². The molecule has 3 rings (SSSR count). The van der Waals surface area contributed by atoms with E-state index in [1.165, 1.54) is 16.0 Å². The zero-order valence-electron chi connectivity index (χ0n) is 20.2. The highest BCUT2D eigenvalue weighted by molar-refractivity contribution is 7.97. The van der Waals surface area contributed by atoms with Crippen LogP contribution in [-0.2, 0) is 16.1 Å². The fourth-order valence-corrected chi connectivity index (χ4v) is 4.81. The molecule has 3 aromatic rings. The molecule has 34 heavy (non-hydrogen) atoms. The topological polar surface area (TPSA) is 87.8 Å². The Morgan fingerprint density at radius 3 is 2.53 bits per heavy atom. The van der Waals surface area contributed by atoms with Crippen molar-refractivity contribution in [3.8, 4) is 5.75 Å². The normalized spacial score (nSPS) is 11.9. The number of ether oxygens (including phenoxy) is 1. The third-order valence-electron chi connectivity index (χ3n) is 5.67. The Bertz CT molecular complexity index is 1100. The number of phenolic OH excluding ortho intramolecular Hbond substituents is 1. The van der Waals surface area contributed by atoms with E-state index in [9.17, 15) is 9.90 Å². The fourth-order valence-electron chi connectivity index (χ4n) is 3.97. The summed E-state index contributed by atoms with van der Waals surface area (Å²) in [7, 11) is 3.77. The molecule has 6 nitrogen and oxygen atoms in total. The molecule has 0 spiro atoms. The van der Waals surface area contributed by atoms with Crippen molar-refractivity contribution in [2.24, 2.45) is 0 Å². The zero-order chi connectivity index (χ0) is 24.7. The van der Waals surface area contributed by atoms with Gasteiger partial charge in [0.05, 0.1) is 24.4 Å². The fraction of sp³-hybridized carbons (Fsp3) is 0.296. The SMILES string of the molecule is CCOC(=O)CC(c1cc(N)c(NC)c(O)c1)c1ccc(C)c(CN(C)Sc2ccccc2)c1. The van der Waals surface area contributed by atoms with Gasteiger partial charge >= 0.3 is 5.97 Å². The summed E-state index contributed by atoms with van der Waals surface area (Å²) in [5.74, 6) is -0.538. The van der Waals surface area contributed by atoms with E-state index >= 15 is 0 Å². The Balaban J connectivity index is 1.94. The minimum Gasteiger partial charge on any atom is -0.506 e. The van der Waals surface area contributed by atoms with Gasteiger partial charge in [0.2, 0.25) is 0 Å². The highest BCUT2D eigenvalue weighted by Crippen LogP contribution is 2.38. The van der Waals surface area contributed by atoms with Crippen LogP contribution < -0.4 is 11.1 Å². The molecule has 180 valence electrons. The molecular weight excluding hydrogens is 446 g/mol. The molecule has 0 aliphatic carbocycles. The average molecular weight is 480 g/mol. The van der Waals surface area contributed by atoms with Crippen molar-refractivity contribution in [2.45, 2.75) is 37.6 Å². The number of benzene rings is 3. The molecule has 0 aromatic heterocycles. The molecule has 0 fully saturated rings. The van der Waals surface area contributed by atoms with Gasteiger partial charge in [-0.25, -0.2) is 4.31 Å². The lowest BCUT2D eigenvalue weighted by Gasteiger charge is -2.22. The monoisotopic (exact) mass is 479 g/mol. The number of carbonyl (C=O) groups is 1. The minimum atomic E-state index is -0.301. The number of anilines is 2. The number of rotatable bonds is 10. The quantitative estimate of drug-likeness (QED) is 0.152. The standard InChI is InChI=1S/C27H33N3O3S/c1-5-33-26(32)16-23(20-14-24(28)27(29-3)25(31)15-20)19-12-11-18(2)21(13-19)17-30(4)34-22-9-7-6-8-10-22/h6-15,23,29,31H,5,16-17,28H2,1-4H3. The largest absolute Gasteiger partial charge is 0.506 e. The van der Waals surface area contributed by atoms with Gasteiger partial charge in [0.25, 0.3) is 0 Å². The van der Waals surface area contributed by atoms with Crippen LogP contribution in [0.5, 0.6) is 5.75 Å². The van der Waals surface area contributed by atoms with Gasteiger partial charge in [0.15, 0.2) is 0 Å². The van der Waals surface area contributed by atoms with Gasteiger partial charge in [0.1, 0.15) is 5.75 Å². The van der Waals surface area contributed by atoms with Crippen LogP contribution in [-0.4, -0.2) is 36.1 Å². The van der Waals surface area contributed by atoms with Crippen LogP contribution in [0.2, 0.25) is 0 Å². The summed E-state index contributed by atoms with van der Waals surface area (Å²) in [5, 5.41) is 13.4. The summed E-state index contributed by atoms with van der Waals surface area (Å²) in [6, 6.07) is 20.0. The van der Waals surface area contributed by atoms with Crippen molar-refractivity contribution in [3.05, 3.63) is 82.9 Å². The molecule has 0 saturated heterocycles. The molecule has 0 aliphatic rings. The summed E-state index contributed by atoms with van der Waals surface area (Å²) in [6.45, 7) is 4.93. The lowest BCUT2D eigenvalue weighted by molar-refractivity contribution is -0.143. The first kappa shape index (κ1) is 25.5. The Morgan fingerprint density at radius 2 is 1.88 bits per heavy atom. The van der Waals surface area contributed by atoms with Crippen molar-refractivity contribution in [3.63, 3.8) is 0 Å². The predicted octanol–water partition coefficient (Wildman–Crippen LogP) is 5.55. The maximum atomic E-state index is 12.5. The van der Waals surface area contributed by atoms with E-state index in [1.54, 1.807) is 32.0 Å². The second-order valence-electron chi connectivity index (χ2n) is 8.19. The van der Waals surface area contributed by atoms with Crippen molar-refractivity contribution < 1.29 is 14.6 Å². The van der Waals surface area contributed by atoms with Crippen LogP contribution in [0.15, 0.2) is 65.6 Å². The Labute approximate surface area is 206 Å². The van der Waals surface area contributed by atoms with E-state index < -0.39 is 0 Å². The number of esters is 1. The van der Waals surface area contributed by atoms with E-state index in [0.29, 0.717) is 18.0 Å². The number of carbonyl (C=O) groups excluding carboxylic acids is 1. The first-order valence-electron chi connectivity index (χ1n) is 11.3. The van der Waals surface area contributed by atoms with Crippen molar-refractivity contribution in [1.82, 2.24) is 4.31 Å². The first-order chi connectivity index (χ1) is 16.3. The summed E-state index contributed by atoms with van der Waals surface area (Å²) in [5.41, 5.74) is 11.2. The smallest absolute Gasteiger partial charge is 0.306 e. The summed E-state index contributed by atoms with van der Waals surface area (Å²) in [4.78, 5) is 13.7. The number of nitrogens with zero attached hydrogens (tertiary/aromatic N) is 1. The van der Waals surface area contributed by atoms with E-state index in [2.05, 4.69) is 47.9 Å². The maximum Gasteiger partial charge on any atom is 0.306 e. The third kappa shape index (κ3) is 6.46. The molecule has 1 atom stereocenters. The van der Waals surface area contributed by atoms with Crippen LogP contribution in [0.3, 0.4) is 0 Å². The van der Waals surface area contributed by atoms with Gasteiger partial charge < -0.3 is 20.9 Å². The van der Waals surface area contributed by atoms with E-state index in [4.69, 9.17) is 10.5 Å². The highest BCUT2D eigenvalue weighted by Gasteiger charge is 2.22. The molecule has 0 bridgehead atoms. The van der Waals surface area contributed by atoms with Gasteiger partial charge in [-0.1, -0.05) is 36.4 Å². The van der Waals surface area contributed by atoms with Crippen molar-refractivity contribution in [2.75, 3.05) is 31.8 Å². The molecular formula is C27H33N3O3S. The number of hydrogen-bond acceptors (Lipinski definition) is 7. The minimum absolute atomic E-state index is 0.0534.